The average molecular weight is 425 g/mol. The van der Waals surface area contributed by atoms with E-state index in [1.807, 2.05) is 20.8 Å². The van der Waals surface area contributed by atoms with Crippen LogP contribution in [0.3, 0.4) is 0 Å². The number of nitrogens with zero attached hydrogens (tertiary/aromatic N) is 3. The van der Waals surface area contributed by atoms with Crippen LogP contribution in [-0.4, -0.2) is 45.7 Å². The third kappa shape index (κ3) is 4.94. The van der Waals surface area contributed by atoms with Gasteiger partial charge in [0.05, 0.1) is 29.5 Å². The largest absolute Gasteiger partial charge is 0.391 e. The van der Waals surface area contributed by atoms with Gasteiger partial charge < -0.3 is 19.8 Å². The van der Waals surface area contributed by atoms with Crippen LogP contribution in [0.15, 0.2) is 34.9 Å². The lowest BCUT2D eigenvalue weighted by Gasteiger charge is -2.29. The molecule has 1 aliphatic rings. The van der Waals surface area contributed by atoms with Gasteiger partial charge in [-0.3, -0.25) is 9.59 Å². The second-order valence-corrected chi connectivity index (χ2v) is 8.45. The number of hydrogen-bond acceptors (Lipinski definition) is 6. The monoisotopic (exact) mass is 424 g/mol. The van der Waals surface area contributed by atoms with E-state index in [1.165, 1.54) is 4.90 Å². The van der Waals surface area contributed by atoms with Crippen LogP contribution in [0, 0.1) is 24.2 Å². The Kier molecular flexibility index (Phi) is 6.76. The fourth-order valence-corrected chi connectivity index (χ4v) is 3.99. The molecule has 4 atom stereocenters. The first kappa shape index (κ1) is 22.5. The van der Waals surface area contributed by atoms with Gasteiger partial charge in [-0.05, 0) is 37.5 Å². The number of rotatable bonds is 6. The number of carbonyl (C=O) groups excluding carboxylic acids is 2. The number of aliphatic hydroxyl groups excluding tert-OH is 1. The summed E-state index contributed by atoms with van der Waals surface area (Å²) in [6.07, 6.45) is -0.591. The van der Waals surface area contributed by atoms with E-state index in [1.54, 1.807) is 37.3 Å². The third-order valence-electron chi connectivity index (χ3n) is 5.65. The zero-order valence-corrected chi connectivity index (χ0v) is 18.2. The molecule has 8 nitrogen and oxygen atoms in total. The van der Waals surface area contributed by atoms with Gasteiger partial charge in [0.2, 0.25) is 11.8 Å². The van der Waals surface area contributed by atoms with Crippen LogP contribution in [-0.2, 0) is 9.59 Å². The summed E-state index contributed by atoms with van der Waals surface area (Å²) in [6, 6.07) is 9.68. The number of nitrogens with one attached hydrogen (secondary N) is 1. The van der Waals surface area contributed by atoms with Crippen LogP contribution in [0.5, 0.6) is 0 Å². The molecule has 2 heterocycles. The molecule has 0 bridgehead atoms. The fraction of sp³-hybridized carbons (Fsp3) is 0.478. The zero-order valence-electron chi connectivity index (χ0n) is 18.2. The predicted octanol–water partition coefficient (Wildman–Crippen LogP) is 2.43. The van der Waals surface area contributed by atoms with Crippen LogP contribution < -0.4 is 5.32 Å². The zero-order chi connectivity index (χ0) is 22.7. The molecule has 1 saturated heterocycles. The predicted molar refractivity (Wildman–Crippen MR) is 113 cm³/mol. The Bertz CT molecular complexity index is 976. The molecule has 1 aromatic heterocycles. The Hall–Kier alpha value is -3.18. The molecule has 1 fully saturated rings. The number of benzene rings is 1. The lowest BCUT2D eigenvalue weighted by atomic mass is 9.91. The standard InChI is InChI=1S/C23H28N4O4/c1-13(2)21(20-9-14(3)26-31-20)23(30)27-12-18(28)10-19(27)22(29)25-15(4)17-7-5-16(11-24)6-8-17/h5-9,13,15,18-19,21,28H,10,12H2,1-4H3,(H,25,29)/t15-,18+,19-,21+/m0/s1. The maximum atomic E-state index is 13.4. The number of β-amino-alcohol motifs (C(OH)–C–C–N with tert-alkyl or cyclic N) is 1. The van der Waals surface area contributed by atoms with Crippen molar-refractivity contribution in [3.05, 3.63) is 52.9 Å². The van der Waals surface area contributed by atoms with Gasteiger partial charge in [0.15, 0.2) is 0 Å². The van der Waals surface area contributed by atoms with E-state index in [9.17, 15) is 14.7 Å². The molecule has 0 unspecified atom stereocenters. The average Bonchev–Trinajstić information content (AvgIpc) is 3.33. The Morgan fingerprint density at radius 1 is 1.29 bits per heavy atom. The highest BCUT2D eigenvalue weighted by molar-refractivity contribution is 5.91. The number of carbonyl (C=O) groups is 2. The lowest BCUT2D eigenvalue weighted by Crippen LogP contribution is -2.48. The summed E-state index contributed by atoms with van der Waals surface area (Å²) in [7, 11) is 0. The molecule has 0 spiro atoms. The first-order valence-corrected chi connectivity index (χ1v) is 10.4. The van der Waals surface area contributed by atoms with Crippen molar-refractivity contribution in [1.82, 2.24) is 15.4 Å². The SMILES string of the molecule is Cc1cc([C@H](C(=O)N2C[C@H](O)C[C@H]2C(=O)N[C@@H](C)c2ccc(C#N)cc2)C(C)C)on1. The lowest BCUT2D eigenvalue weighted by molar-refractivity contribution is -0.141. The van der Waals surface area contributed by atoms with Crippen molar-refractivity contribution in [2.24, 2.45) is 5.92 Å². The molecule has 1 aromatic carbocycles. The van der Waals surface area contributed by atoms with Crippen molar-refractivity contribution in [2.75, 3.05) is 6.54 Å². The normalized spacial score (nSPS) is 20.4. The summed E-state index contributed by atoms with van der Waals surface area (Å²) in [5.41, 5.74) is 2.07. The van der Waals surface area contributed by atoms with Crippen molar-refractivity contribution >= 4 is 11.8 Å². The fourth-order valence-electron chi connectivity index (χ4n) is 3.99. The second kappa shape index (κ2) is 9.31. The van der Waals surface area contributed by atoms with Crippen LogP contribution >= 0.6 is 0 Å². The van der Waals surface area contributed by atoms with E-state index in [2.05, 4.69) is 16.5 Å². The molecule has 0 radical (unpaired) electrons. The first-order chi connectivity index (χ1) is 14.7. The summed E-state index contributed by atoms with van der Waals surface area (Å²) in [5, 5.41) is 26.0. The highest BCUT2D eigenvalue weighted by Gasteiger charge is 2.43. The molecule has 8 heteroatoms. The highest BCUT2D eigenvalue weighted by Crippen LogP contribution is 2.31. The topological polar surface area (TPSA) is 119 Å². The summed E-state index contributed by atoms with van der Waals surface area (Å²) in [4.78, 5) is 27.9. The van der Waals surface area contributed by atoms with Crippen molar-refractivity contribution in [3.8, 4) is 6.07 Å². The molecule has 164 valence electrons. The van der Waals surface area contributed by atoms with Crippen molar-refractivity contribution in [3.63, 3.8) is 0 Å². The van der Waals surface area contributed by atoms with Gasteiger partial charge in [-0.1, -0.05) is 31.1 Å². The number of aryl methyl sites for hydroxylation is 1. The van der Waals surface area contributed by atoms with E-state index in [4.69, 9.17) is 9.78 Å². The number of likely N-dealkylation sites (tertiary alicyclic amines) is 1. The summed E-state index contributed by atoms with van der Waals surface area (Å²) < 4.78 is 5.35. The summed E-state index contributed by atoms with van der Waals surface area (Å²) >= 11 is 0. The van der Waals surface area contributed by atoms with Gasteiger partial charge in [-0.15, -0.1) is 0 Å². The molecular formula is C23H28N4O4. The van der Waals surface area contributed by atoms with Gasteiger partial charge in [0, 0.05) is 19.0 Å². The molecule has 2 amide bonds. The minimum Gasteiger partial charge on any atom is -0.391 e. The van der Waals surface area contributed by atoms with Crippen LogP contribution in [0.1, 0.15) is 61.7 Å². The summed E-state index contributed by atoms with van der Waals surface area (Å²) in [5.74, 6) is -0.771. The quantitative estimate of drug-likeness (QED) is 0.735. The van der Waals surface area contributed by atoms with Crippen molar-refractivity contribution in [1.29, 1.82) is 5.26 Å². The van der Waals surface area contributed by atoms with Gasteiger partial charge in [-0.25, -0.2) is 0 Å². The molecule has 1 aliphatic heterocycles. The maximum Gasteiger partial charge on any atom is 0.243 e. The van der Waals surface area contributed by atoms with E-state index in [-0.39, 0.29) is 36.7 Å². The van der Waals surface area contributed by atoms with Gasteiger partial charge in [0.1, 0.15) is 17.7 Å². The van der Waals surface area contributed by atoms with E-state index in [0.29, 0.717) is 17.0 Å². The Morgan fingerprint density at radius 3 is 2.52 bits per heavy atom. The number of nitriles is 1. The Morgan fingerprint density at radius 2 is 1.97 bits per heavy atom. The molecule has 0 saturated carbocycles. The molecule has 2 aromatic rings. The smallest absolute Gasteiger partial charge is 0.243 e. The number of aromatic nitrogens is 1. The minimum atomic E-state index is -0.770. The second-order valence-electron chi connectivity index (χ2n) is 8.45. The molecule has 3 rings (SSSR count). The van der Waals surface area contributed by atoms with Crippen molar-refractivity contribution < 1.29 is 19.2 Å². The highest BCUT2D eigenvalue weighted by atomic mass is 16.5. The van der Waals surface area contributed by atoms with E-state index >= 15 is 0 Å². The van der Waals surface area contributed by atoms with Crippen LogP contribution in [0.2, 0.25) is 0 Å². The molecule has 31 heavy (non-hydrogen) atoms. The minimum absolute atomic E-state index is 0.0705. The van der Waals surface area contributed by atoms with Crippen molar-refractivity contribution in [2.45, 2.75) is 58.2 Å². The van der Waals surface area contributed by atoms with Gasteiger partial charge >= 0.3 is 0 Å². The van der Waals surface area contributed by atoms with Gasteiger partial charge in [0.25, 0.3) is 0 Å². The Balaban J connectivity index is 1.76. The number of aliphatic hydroxyl groups is 1. The summed E-state index contributed by atoms with van der Waals surface area (Å²) in [6.45, 7) is 7.54. The van der Waals surface area contributed by atoms with E-state index < -0.39 is 18.1 Å². The number of amides is 2. The van der Waals surface area contributed by atoms with Gasteiger partial charge in [-0.2, -0.15) is 5.26 Å². The molecule has 2 N–H and O–H groups in total. The molecule has 0 aliphatic carbocycles. The van der Waals surface area contributed by atoms with Crippen LogP contribution in [0.25, 0.3) is 0 Å². The number of hydrogen-bond donors (Lipinski definition) is 2. The maximum absolute atomic E-state index is 13.4. The molecular weight excluding hydrogens is 396 g/mol. The Labute approximate surface area is 181 Å². The van der Waals surface area contributed by atoms with E-state index in [0.717, 1.165) is 5.56 Å². The first-order valence-electron chi connectivity index (χ1n) is 10.4. The van der Waals surface area contributed by atoms with Crippen LogP contribution in [0.4, 0.5) is 0 Å². The third-order valence-corrected chi connectivity index (χ3v) is 5.65.